The molecule has 37 heavy (non-hydrogen) atoms. The van der Waals surface area contributed by atoms with Gasteiger partial charge in [-0.1, -0.05) is 37.9 Å². The average molecular weight is 545 g/mol. The van der Waals surface area contributed by atoms with E-state index >= 15 is 0 Å². The van der Waals surface area contributed by atoms with Crippen LogP contribution in [0.2, 0.25) is 5.02 Å². The zero-order valence-electron chi connectivity index (χ0n) is 22.6. The van der Waals surface area contributed by atoms with Gasteiger partial charge in [0, 0.05) is 16.6 Å². The molecule has 1 saturated heterocycles. The summed E-state index contributed by atoms with van der Waals surface area (Å²) in [5, 5.41) is 6.74. The van der Waals surface area contributed by atoms with Crippen LogP contribution in [0.1, 0.15) is 79.1 Å². The van der Waals surface area contributed by atoms with Crippen molar-refractivity contribution in [2.24, 2.45) is 39.4 Å². The molecule has 7 heteroatoms. The summed E-state index contributed by atoms with van der Waals surface area (Å²) in [7, 11) is 0. The van der Waals surface area contributed by atoms with Crippen molar-refractivity contribution in [1.29, 1.82) is 0 Å². The zero-order valence-corrected chi connectivity index (χ0v) is 24.2. The van der Waals surface area contributed by atoms with Crippen LogP contribution in [0.3, 0.4) is 0 Å². The number of hydrogen-bond donors (Lipinski definition) is 1. The third-order valence-corrected chi connectivity index (χ3v) is 12.1. The smallest absolute Gasteiger partial charge is 0.312 e. The number of anilines is 1. The SMILES string of the molecule is CCOC(=O)[C@]1(C)CCC[C@@]2(C)[C@@H]3CC[C@@]4(C)C[C@]3(CC[C@@H]21)[C@@H]1CON(C(=S)Nc2cccc(Cl)c2)[C@@H]14. The maximum Gasteiger partial charge on any atom is 0.312 e. The maximum atomic E-state index is 13.3. The third kappa shape index (κ3) is 3.64. The molecular formula is C30H41ClN2O3S. The van der Waals surface area contributed by atoms with Crippen LogP contribution >= 0.6 is 23.8 Å². The van der Waals surface area contributed by atoms with Crippen molar-refractivity contribution in [2.75, 3.05) is 18.5 Å². The number of benzene rings is 1. The number of fused-ring (bicyclic) bond motifs is 5. The van der Waals surface area contributed by atoms with Crippen LogP contribution in [0.15, 0.2) is 24.3 Å². The molecule has 0 amide bonds. The molecule has 6 rings (SSSR count). The second-order valence-corrected chi connectivity index (χ2v) is 14.2. The largest absolute Gasteiger partial charge is 0.466 e. The van der Waals surface area contributed by atoms with Crippen LogP contribution in [0.4, 0.5) is 5.69 Å². The molecule has 4 aliphatic carbocycles. The lowest BCUT2D eigenvalue weighted by Gasteiger charge is -2.64. The summed E-state index contributed by atoms with van der Waals surface area (Å²) in [4.78, 5) is 19.7. The van der Waals surface area contributed by atoms with Crippen LogP contribution in [-0.4, -0.2) is 35.4 Å². The van der Waals surface area contributed by atoms with Crippen molar-refractivity contribution >= 4 is 40.6 Å². The summed E-state index contributed by atoms with van der Waals surface area (Å²) >= 11 is 12.1. The molecule has 1 N–H and O–H groups in total. The molecule has 0 radical (unpaired) electrons. The molecule has 0 unspecified atom stereocenters. The Bertz CT molecular complexity index is 1120. The van der Waals surface area contributed by atoms with E-state index in [0.717, 1.165) is 31.6 Å². The second kappa shape index (κ2) is 8.82. The molecular weight excluding hydrogens is 504 g/mol. The minimum Gasteiger partial charge on any atom is -0.466 e. The number of nitrogens with one attached hydrogen (secondary N) is 1. The fourth-order valence-corrected chi connectivity index (χ4v) is 10.9. The molecule has 5 nitrogen and oxygen atoms in total. The van der Waals surface area contributed by atoms with Crippen LogP contribution in [0, 0.1) is 39.4 Å². The second-order valence-electron chi connectivity index (χ2n) is 13.4. The number of ether oxygens (including phenoxy) is 1. The summed E-state index contributed by atoms with van der Waals surface area (Å²) in [5.74, 6) is 1.47. The minimum atomic E-state index is -0.371. The third-order valence-electron chi connectivity index (χ3n) is 11.6. The van der Waals surface area contributed by atoms with Crippen molar-refractivity contribution < 1.29 is 14.4 Å². The number of nitrogens with zero attached hydrogens (tertiary/aromatic N) is 1. The van der Waals surface area contributed by atoms with E-state index in [4.69, 9.17) is 33.4 Å². The standard InChI is InChI=1S/C30H41ClN2O3S/c1-5-35-25(34)29(4)13-7-12-28(3)22(29)11-15-30-18-27(2,14-10-23(28)30)24-21(30)17-36-33(24)26(37)32-20-9-6-8-19(31)16-20/h6,8-9,16,21-24H,5,7,10-15,17-18H2,1-4H3,(H,32,37)/t21-,22+,23+,24+,27+,28-,29-,30-/m1/s1. The molecule has 4 saturated carbocycles. The van der Waals surface area contributed by atoms with Crippen LogP contribution in [0.5, 0.6) is 0 Å². The number of hydroxylamine groups is 2. The Hall–Kier alpha value is -1.37. The normalized spacial score (nSPS) is 44.0. The van der Waals surface area contributed by atoms with Crippen molar-refractivity contribution in [3.63, 3.8) is 0 Å². The monoisotopic (exact) mass is 544 g/mol. The number of esters is 1. The van der Waals surface area contributed by atoms with E-state index in [0.29, 0.717) is 34.5 Å². The van der Waals surface area contributed by atoms with Gasteiger partial charge in [0.2, 0.25) is 0 Å². The van der Waals surface area contributed by atoms with Crippen LogP contribution in [0.25, 0.3) is 0 Å². The van der Waals surface area contributed by atoms with Gasteiger partial charge in [0.15, 0.2) is 5.11 Å². The predicted molar refractivity (Wildman–Crippen MR) is 150 cm³/mol. The lowest BCUT2D eigenvalue weighted by molar-refractivity contribution is -0.195. The molecule has 1 aromatic carbocycles. The van der Waals surface area contributed by atoms with Crippen molar-refractivity contribution in [2.45, 2.75) is 85.1 Å². The van der Waals surface area contributed by atoms with Gasteiger partial charge in [-0.2, -0.15) is 0 Å². The Labute approximate surface area is 231 Å². The molecule has 1 aliphatic heterocycles. The molecule has 0 aromatic heterocycles. The van der Waals surface area contributed by atoms with Gasteiger partial charge in [-0.15, -0.1) is 0 Å². The fourth-order valence-electron chi connectivity index (χ4n) is 10.4. The lowest BCUT2D eigenvalue weighted by atomic mass is 9.39. The first-order chi connectivity index (χ1) is 17.6. The van der Waals surface area contributed by atoms with Crippen molar-refractivity contribution in [1.82, 2.24) is 5.06 Å². The minimum absolute atomic E-state index is 0.0274. The number of hydrogen-bond acceptors (Lipinski definition) is 4. The molecule has 1 spiro atoms. The van der Waals surface area contributed by atoms with E-state index in [1.54, 1.807) is 0 Å². The summed E-state index contributed by atoms with van der Waals surface area (Å²) in [6.07, 6.45) is 9.20. The molecule has 1 heterocycles. The Morgan fingerprint density at radius 1 is 1.19 bits per heavy atom. The number of halogens is 1. The highest BCUT2D eigenvalue weighted by atomic mass is 35.5. The van der Waals surface area contributed by atoms with E-state index in [-0.39, 0.29) is 33.7 Å². The topological polar surface area (TPSA) is 50.8 Å². The molecule has 202 valence electrons. The Morgan fingerprint density at radius 3 is 2.73 bits per heavy atom. The lowest BCUT2D eigenvalue weighted by Crippen LogP contribution is -2.60. The summed E-state index contributed by atoms with van der Waals surface area (Å²) in [6, 6.07) is 7.96. The number of thiocarbonyl (C=S) groups is 1. The van der Waals surface area contributed by atoms with Crippen molar-refractivity contribution in [3.8, 4) is 0 Å². The quantitative estimate of drug-likeness (QED) is 0.319. The molecule has 1 aromatic rings. The zero-order chi connectivity index (χ0) is 26.2. The first-order valence-corrected chi connectivity index (χ1v) is 15.0. The number of rotatable bonds is 3. The van der Waals surface area contributed by atoms with E-state index in [1.165, 1.54) is 32.1 Å². The van der Waals surface area contributed by atoms with E-state index in [2.05, 4.69) is 26.1 Å². The highest BCUT2D eigenvalue weighted by Gasteiger charge is 2.73. The van der Waals surface area contributed by atoms with Gasteiger partial charge in [0.05, 0.1) is 24.7 Å². The number of carbonyl (C=O) groups is 1. The first-order valence-electron chi connectivity index (χ1n) is 14.2. The molecule has 8 atom stereocenters. The maximum absolute atomic E-state index is 13.3. The number of carbonyl (C=O) groups excluding carboxylic acids is 1. The van der Waals surface area contributed by atoms with Gasteiger partial charge in [-0.25, -0.2) is 5.06 Å². The first kappa shape index (κ1) is 25.9. The molecule has 2 bridgehead atoms. The van der Waals surface area contributed by atoms with Gasteiger partial charge < -0.3 is 10.1 Å². The van der Waals surface area contributed by atoms with E-state index in [1.807, 2.05) is 36.3 Å². The van der Waals surface area contributed by atoms with Crippen LogP contribution in [-0.2, 0) is 14.4 Å². The Morgan fingerprint density at radius 2 is 1.97 bits per heavy atom. The predicted octanol–water partition coefficient (Wildman–Crippen LogP) is 7.24. The van der Waals surface area contributed by atoms with Gasteiger partial charge in [-0.05, 0) is 117 Å². The Kier molecular flexibility index (Phi) is 6.17. The van der Waals surface area contributed by atoms with Crippen LogP contribution < -0.4 is 5.32 Å². The summed E-state index contributed by atoms with van der Waals surface area (Å²) in [6.45, 7) is 10.3. The van der Waals surface area contributed by atoms with E-state index < -0.39 is 0 Å². The fraction of sp³-hybridized carbons (Fsp3) is 0.733. The van der Waals surface area contributed by atoms with Gasteiger partial charge in [0.25, 0.3) is 0 Å². The van der Waals surface area contributed by atoms with E-state index in [9.17, 15) is 4.79 Å². The van der Waals surface area contributed by atoms with Gasteiger partial charge in [0.1, 0.15) is 0 Å². The van der Waals surface area contributed by atoms with Crippen molar-refractivity contribution in [3.05, 3.63) is 29.3 Å². The van der Waals surface area contributed by atoms with Gasteiger partial charge in [-0.3, -0.25) is 9.63 Å². The highest BCUT2D eigenvalue weighted by molar-refractivity contribution is 7.80. The average Bonchev–Trinajstić information content (AvgIpc) is 3.37. The summed E-state index contributed by atoms with van der Waals surface area (Å²) in [5.41, 5.74) is 1.09. The Balaban J connectivity index is 1.30. The van der Waals surface area contributed by atoms with Gasteiger partial charge >= 0.3 is 5.97 Å². The summed E-state index contributed by atoms with van der Waals surface area (Å²) < 4.78 is 5.66. The molecule has 5 fully saturated rings. The highest BCUT2D eigenvalue weighted by Crippen LogP contribution is 2.76. The molecule has 5 aliphatic rings.